The molecule has 0 amide bonds. The predicted octanol–water partition coefficient (Wildman–Crippen LogP) is 5.23. The van der Waals surface area contributed by atoms with Crippen molar-refractivity contribution in [3.05, 3.63) is 64.1 Å². The van der Waals surface area contributed by atoms with Crippen LogP contribution in [0.4, 0.5) is 5.69 Å². The van der Waals surface area contributed by atoms with E-state index in [1.165, 1.54) is 5.56 Å². The first-order chi connectivity index (χ1) is 10.2. The van der Waals surface area contributed by atoms with Crippen molar-refractivity contribution >= 4 is 45.8 Å². The second-order valence-corrected chi connectivity index (χ2v) is 6.57. The van der Waals surface area contributed by atoms with Crippen LogP contribution in [0.15, 0.2) is 53.5 Å². The highest BCUT2D eigenvalue weighted by molar-refractivity contribution is 8.14. The van der Waals surface area contributed by atoms with Crippen LogP contribution in [0.1, 0.15) is 5.56 Å². The topological polar surface area (TPSA) is 15.6 Å². The van der Waals surface area contributed by atoms with Gasteiger partial charge < -0.3 is 4.90 Å². The smallest absolute Gasteiger partial charge is 0.164 e. The van der Waals surface area contributed by atoms with E-state index < -0.39 is 0 Å². The highest BCUT2D eigenvalue weighted by Gasteiger charge is 2.20. The van der Waals surface area contributed by atoms with Crippen LogP contribution < -0.4 is 0 Å². The Bertz CT molecular complexity index is 659. The van der Waals surface area contributed by atoms with E-state index in [-0.39, 0.29) is 0 Å². The van der Waals surface area contributed by atoms with Crippen LogP contribution in [0.5, 0.6) is 0 Å². The van der Waals surface area contributed by atoms with Crippen molar-refractivity contribution in [2.24, 2.45) is 4.99 Å². The summed E-state index contributed by atoms with van der Waals surface area (Å²) in [5.74, 6) is 1.05. The SMILES string of the molecule is Clc1cccc(/N=C2\SCCN2Cc2ccccc2)c1Cl. The van der Waals surface area contributed by atoms with Crippen molar-refractivity contribution in [2.45, 2.75) is 6.54 Å². The molecule has 1 fully saturated rings. The summed E-state index contributed by atoms with van der Waals surface area (Å²) in [4.78, 5) is 6.96. The number of halogens is 2. The first kappa shape index (κ1) is 14.8. The van der Waals surface area contributed by atoms with Crippen molar-refractivity contribution in [3.63, 3.8) is 0 Å². The van der Waals surface area contributed by atoms with Crippen LogP contribution in [0.25, 0.3) is 0 Å². The molecule has 0 bridgehead atoms. The van der Waals surface area contributed by atoms with E-state index in [2.05, 4.69) is 34.2 Å². The maximum Gasteiger partial charge on any atom is 0.164 e. The Kier molecular flexibility index (Phi) is 4.73. The van der Waals surface area contributed by atoms with Crippen molar-refractivity contribution in [3.8, 4) is 0 Å². The second kappa shape index (κ2) is 6.73. The van der Waals surface area contributed by atoms with Gasteiger partial charge in [-0.3, -0.25) is 0 Å². The van der Waals surface area contributed by atoms with Crippen molar-refractivity contribution < 1.29 is 0 Å². The van der Waals surface area contributed by atoms with Crippen molar-refractivity contribution in [2.75, 3.05) is 12.3 Å². The molecule has 0 N–H and O–H groups in total. The number of hydrogen-bond donors (Lipinski definition) is 0. The molecule has 0 spiro atoms. The third-order valence-corrected chi connectivity index (χ3v) is 5.03. The van der Waals surface area contributed by atoms with Gasteiger partial charge in [0.15, 0.2) is 5.17 Å². The molecular weight excluding hydrogens is 323 g/mol. The lowest BCUT2D eigenvalue weighted by Gasteiger charge is -2.18. The molecule has 2 aromatic carbocycles. The standard InChI is InChI=1S/C16H14Cl2N2S/c17-13-7-4-8-14(15(13)18)19-16-20(9-10-21-16)11-12-5-2-1-3-6-12/h1-8H,9-11H2/b19-16-. The lowest BCUT2D eigenvalue weighted by Crippen LogP contribution is -2.23. The van der Waals surface area contributed by atoms with Gasteiger partial charge >= 0.3 is 0 Å². The summed E-state index contributed by atoms with van der Waals surface area (Å²) in [6, 6.07) is 15.9. The average Bonchev–Trinajstić information content (AvgIpc) is 2.92. The minimum Gasteiger partial charge on any atom is -0.346 e. The largest absolute Gasteiger partial charge is 0.346 e. The third-order valence-electron chi connectivity index (χ3n) is 3.23. The number of amidine groups is 1. The molecule has 0 atom stereocenters. The first-order valence-electron chi connectivity index (χ1n) is 6.68. The molecule has 21 heavy (non-hydrogen) atoms. The summed E-state index contributed by atoms with van der Waals surface area (Å²) in [6.45, 7) is 1.86. The minimum absolute atomic E-state index is 0.513. The van der Waals surface area contributed by atoms with Gasteiger partial charge in [-0.25, -0.2) is 4.99 Å². The Balaban J connectivity index is 1.83. The van der Waals surface area contributed by atoms with Gasteiger partial charge in [-0.05, 0) is 17.7 Å². The highest BCUT2D eigenvalue weighted by atomic mass is 35.5. The predicted molar refractivity (Wildman–Crippen MR) is 92.9 cm³/mol. The second-order valence-electron chi connectivity index (χ2n) is 4.72. The molecule has 1 aliphatic rings. The Morgan fingerprint density at radius 3 is 2.67 bits per heavy atom. The summed E-state index contributed by atoms with van der Waals surface area (Å²) in [6.07, 6.45) is 0. The third kappa shape index (κ3) is 3.54. The van der Waals surface area contributed by atoms with Gasteiger partial charge in [0.2, 0.25) is 0 Å². The quantitative estimate of drug-likeness (QED) is 0.762. The van der Waals surface area contributed by atoms with E-state index in [0.29, 0.717) is 10.0 Å². The van der Waals surface area contributed by atoms with Gasteiger partial charge in [-0.2, -0.15) is 0 Å². The zero-order valence-corrected chi connectivity index (χ0v) is 13.6. The molecule has 0 aromatic heterocycles. The van der Waals surface area contributed by atoms with E-state index in [9.17, 15) is 0 Å². The summed E-state index contributed by atoms with van der Waals surface area (Å²) in [5, 5.41) is 2.05. The normalized spacial score (nSPS) is 16.7. The molecule has 1 aliphatic heterocycles. The van der Waals surface area contributed by atoms with Gasteiger partial charge in [-0.15, -0.1) is 0 Å². The molecule has 1 saturated heterocycles. The molecule has 5 heteroatoms. The zero-order valence-electron chi connectivity index (χ0n) is 11.3. The first-order valence-corrected chi connectivity index (χ1v) is 8.42. The van der Waals surface area contributed by atoms with Crippen LogP contribution in [0.3, 0.4) is 0 Å². The molecule has 3 rings (SSSR count). The zero-order chi connectivity index (χ0) is 14.7. The highest BCUT2D eigenvalue weighted by Crippen LogP contribution is 2.34. The summed E-state index contributed by atoms with van der Waals surface area (Å²) < 4.78 is 0. The fourth-order valence-corrected chi connectivity index (χ4v) is 3.50. The van der Waals surface area contributed by atoms with Crippen LogP contribution >= 0.6 is 35.0 Å². The molecule has 108 valence electrons. The fraction of sp³-hybridized carbons (Fsp3) is 0.188. The molecule has 0 saturated carbocycles. The van der Waals surface area contributed by atoms with Gasteiger partial charge in [0.05, 0.1) is 15.7 Å². The Morgan fingerprint density at radius 1 is 1.05 bits per heavy atom. The molecule has 2 aromatic rings. The van der Waals surface area contributed by atoms with Gasteiger partial charge in [0.1, 0.15) is 0 Å². The molecule has 0 unspecified atom stereocenters. The van der Waals surface area contributed by atoms with Crippen LogP contribution in [-0.4, -0.2) is 22.4 Å². The molecular formula is C16H14Cl2N2S. The van der Waals surface area contributed by atoms with Gasteiger partial charge in [0, 0.05) is 18.8 Å². The lowest BCUT2D eigenvalue weighted by molar-refractivity contribution is 0.457. The molecule has 1 heterocycles. The van der Waals surface area contributed by atoms with E-state index in [1.807, 2.05) is 18.2 Å². The maximum atomic E-state index is 6.21. The number of rotatable bonds is 3. The number of aliphatic imine (C=N–C) groups is 1. The molecule has 0 aliphatic carbocycles. The number of benzene rings is 2. The number of thioether (sulfide) groups is 1. The minimum atomic E-state index is 0.513. The number of nitrogens with zero attached hydrogens (tertiary/aromatic N) is 2. The lowest BCUT2D eigenvalue weighted by atomic mass is 10.2. The fourth-order valence-electron chi connectivity index (χ4n) is 2.17. The van der Waals surface area contributed by atoms with Gasteiger partial charge in [-0.1, -0.05) is 71.4 Å². The maximum absolute atomic E-state index is 6.21. The average molecular weight is 337 g/mol. The molecule has 0 radical (unpaired) electrons. The van der Waals surface area contributed by atoms with Crippen LogP contribution in [0.2, 0.25) is 10.0 Å². The van der Waals surface area contributed by atoms with Crippen LogP contribution in [-0.2, 0) is 6.54 Å². The Hall–Kier alpha value is -1.16. The molecule has 2 nitrogen and oxygen atoms in total. The summed E-state index contributed by atoms with van der Waals surface area (Å²) in [5.41, 5.74) is 2.01. The number of hydrogen-bond acceptors (Lipinski definition) is 2. The van der Waals surface area contributed by atoms with Crippen molar-refractivity contribution in [1.82, 2.24) is 4.90 Å². The van der Waals surface area contributed by atoms with E-state index >= 15 is 0 Å². The van der Waals surface area contributed by atoms with E-state index in [1.54, 1.807) is 17.8 Å². The van der Waals surface area contributed by atoms with Gasteiger partial charge in [0.25, 0.3) is 0 Å². The summed E-state index contributed by atoms with van der Waals surface area (Å²) >= 11 is 14.0. The van der Waals surface area contributed by atoms with Crippen LogP contribution in [0, 0.1) is 0 Å². The Labute approximate surface area is 138 Å². The monoisotopic (exact) mass is 336 g/mol. The van der Waals surface area contributed by atoms with Crippen molar-refractivity contribution in [1.29, 1.82) is 0 Å². The van der Waals surface area contributed by atoms with E-state index in [4.69, 9.17) is 23.2 Å². The van der Waals surface area contributed by atoms with E-state index in [0.717, 1.165) is 29.7 Å². The Morgan fingerprint density at radius 2 is 1.86 bits per heavy atom. The summed E-state index contributed by atoms with van der Waals surface area (Å²) in [7, 11) is 0.